The Morgan fingerprint density at radius 3 is 3.05 bits per heavy atom. The zero-order chi connectivity index (χ0) is 15.0. The number of hydrogen-bond donors (Lipinski definition) is 2. The second kappa shape index (κ2) is 5.42. The molecule has 6 heteroatoms. The van der Waals surface area contributed by atoms with Crippen LogP contribution in [0.3, 0.4) is 0 Å². The molecule has 1 aliphatic carbocycles. The molecule has 1 aliphatic heterocycles. The number of ether oxygens (including phenoxy) is 1. The summed E-state index contributed by atoms with van der Waals surface area (Å²) in [5.41, 5.74) is 1.98. The van der Waals surface area contributed by atoms with Crippen molar-refractivity contribution in [2.75, 3.05) is 20.3 Å². The molecule has 1 aromatic rings. The van der Waals surface area contributed by atoms with Crippen molar-refractivity contribution in [1.82, 2.24) is 10.2 Å². The van der Waals surface area contributed by atoms with Crippen molar-refractivity contribution < 1.29 is 9.53 Å². The van der Waals surface area contributed by atoms with E-state index in [1.165, 1.54) is 11.1 Å². The molecule has 3 rings (SSSR count). The summed E-state index contributed by atoms with van der Waals surface area (Å²) >= 11 is 3.50. The highest BCUT2D eigenvalue weighted by Crippen LogP contribution is 2.37. The Bertz CT molecular complexity index is 605. The van der Waals surface area contributed by atoms with Gasteiger partial charge in [-0.2, -0.15) is 0 Å². The number of aryl methyl sites for hydroxylation is 1. The van der Waals surface area contributed by atoms with E-state index in [4.69, 9.17) is 10.1 Å². The van der Waals surface area contributed by atoms with Gasteiger partial charge in [-0.15, -0.1) is 0 Å². The minimum absolute atomic E-state index is 0.183. The average Bonchev–Trinajstić information content (AvgIpc) is 2.68. The molecule has 112 valence electrons. The van der Waals surface area contributed by atoms with Gasteiger partial charge in [-0.25, -0.2) is 4.79 Å². The summed E-state index contributed by atoms with van der Waals surface area (Å²) in [4.78, 5) is 13.9. The van der Waals surface area contributed by atoms with Crippen LogP contribution >= 0.6 is 15.9 Å². The Morgan fingerprint density at radius 2 is 2.29 bits per heavy atom. The minimum atomic E-state index is -0.531. The lowest BCUT2D eigenvalue weighted by atomic mass is 9.77. The number of methoxy groups -OCH3 is 1. The van der Waals surface area contributed by atoms with E-state index in [0.29, 0.717) is 25.4 Å². The highest BCUT2D eigenvalue weighted by atomic mass is 79.9. The van der Waals surface area contributed by atoms with Gasteiger partial charge in [0.2, 0.25) is 0 Å². The van der Waals surface area contributed by atoms with E-state index in [1.54, 1.807) is 12.0 Å². The predicted octanol–water partition coefficient (Wildman–Crippen LogP) is 2.33. The highest BCUT2D eigenvalue weighted by Gasteiger charge is 2.51. The van der Waals surface area contributed by atoms with Crippen molar-refractivity contribution in [1.29, 1.82) is 5.41 Å². The summed E-state index contributed by atoms with van der Waals surface area (Å²) in [6, 6.07) is 6.06. The number of carbonyl (C=O) groups is 1. The van der Waals surface area contributed by atoms with E-state index in [0.717, 1.165) is 17.3 Å². The van der Waals surface area contributed by atoms with Gasteiger partial charge in [0.15, 0.2) is 0 Å². The molecule has 1 heterocycles. The molecule has 1 spiro atoms. The van der Waals surface area contributed by atoms with Gasteiger partial charge >= 0.3 is 6.03 Å². The molecule has 1 unspecified atom stereocenters. The third-order valence-corrected chi connectivity index (χ3v) is 4.93. The lowest BCUT2D eigenvalue weighted by molar-refractivity contribution is 0.118. The van der Waals surface area contributed by atoms with Crippen LogP contribution in [0.25, 0.3) is 0 Å². The number of urea groups is 1. The summed E-state index contributed by atoms with van der Waals surface area (Å²) in [5.74, 6) is 0.317. The Morgan fingerprint density at radius 1 is 1.48 bits per heavy atom. The summed E-state index contributed by atoms with van der Waals surface area (Å²) in [7, 11) is 1.62. The van der Waals surface area contributed by atoms with Crippen molar-refractivity contribution in [3.8, 4) is 0 Å². The van der Waals surface area contributed by atoms with Crippen LogP contribution in [0.1, 0.15) is 17.5 Å². The monoisotopic (exact) mass is 351 g/mol. The molecular weight excluding hydrogens is 334 g/mol. The zero-order valence-electron chi connectivity index (χ0n) is 11.9. The van der Waals surface area contributed by atoms with Crippen LogP contribution < -0.4 is 5.32 Å². The van der Waals surface area contributed by atoms with Crippen LogP contribution in [-0.2, 0) is 17.6 Å². The molecule has 0 bridgehead atoms. The molecule has 1 saturated heterocycles. The maximum absolute atomic E-state index is 12.1. The van der Waals surface area contributed by atoms with Crippen LogP contribution in [0, 0.1) is 5.41 Å². The second-order valence-electron chi connectivity index (χ2n) is 5.57. The molecule has 0 radical (unpaired) electrons. The number of amides is 2. The molecule has 5 nitrogen and oxygen atoms in total. The number of halogens is 1. The quantitative estimate of drug-likeness (QED) is 0.877. The van der Waals surface area contributed by atoms with E-state index < -0.39 is 5.54 Å². The van der Waals surface area contributed by atoms with Gasteiger partial charge in [0, 0.05) is 24.5 Å². The minimum Gasteiger partial charge on any atom is -0.383 e. The first-order valence-corrected chi connectivity index (χ1v) is 7.80. The molecule has 1 fully saturated rings. The number of nitrogens with zero attached hydrogens (tertiary/aromatic N) is 1. The number of benzene rings is 1. The van der Waals surface area contributed by atoms with Crippen molar-refractivity contribution >= 4 is 27.8 Å². The maximum Gasteiger partial charge on any atom is 0.323 e. The van der Waals surface area contributed by atoms with E-state index >= 15 is 0 Å². The van der Waals surface area contributed by atoms with Gasteiger partial charge in [-0.3, -0.25) is 10.7 Å². The maximum atomic E-state index is 12.1. The average molecular weight is 352 g/mol. The largest absolute Gasteiger partial charge is 0.383 e. The number of nitrogens with one attached hydrogen (secondary N) is 2. The second-order valence-corrected chi connectivity index (χ2v) is 6.49. The molecule has 2 aliphatic rings. The smallest absolute Gasteiger partial charge is 0.323 e. The first-order chi connectivity index (χ1) is 10.1. The number of fused-ring (bicyclic) bond motifs is 1. The van der Waals surface area contributed by atoms with Crippen LogP contribution in [-0.4, -0.2) is 42.6 Å². The normalized spacial score (nSPS) is 24.4. The summed E-state index contributed by atoms with van der Waals surface area (Å²) < 4.78 is 6.18. The van der Waals surface area contributed by atoms with E-state index in [9.17, 15) is 4.79 Å². The fraction of sp³-hybridized carbons (Fsp3) is 0.467. The summed E-state index contributed by atoms with van der Waals surface area (Å²) in [6.07, 6.45) is 2.34. The standard InChI is InChI=1S/C15H18BrN3O2/c1-21-7-6-19-14(20)18-13(17)15(19)5-4-10-8-12(16)3-2-11(10)9-15/h2-3,8H,4-7,9H2,1H3,(H2,17,18,20). The van der Waals surface area contributed by atoms with E-state index in [-0.39, 0.29) is 6.03 Å². The van der Waals surface area contributed by atoms with Crippen LogP contribution in [0.2, 0.25) is 0 Å². The van der Waals surface area contributed by atoms with Crippen LogP contribution in [0.15, 0.2) is 22.7 Å². The molecule has 1 aromatic carbocycles. The molecule has 2 N–H and O–H groups in total. The van der Waals surface area contributed by atoms with Gasteiger partial charge in [-0.05, 0) is 36.1 Å². The van der Waals surface area contributed by atoms with Gasteiger partial charge in [0.1, 0.15) is 11.4 Å². The van der Waals surface area contributed by atoms with Crippen molar-refractivity contribution in [3.63, 3.8) is 0 Å². The number of carbonyl (C=O) groups excluding carboxylic acids is 1. The Hall–Kier alpha value is -1.40. The van der Waals surface area contributed by atoms with Gasteiger partial charge in [0.25, 0.3) is 0 Å². The third kappa shape index (κ3) is 2.36. The first kappa shape index (κ1) is 14.5. The SMILES string of the molecule is COCCN1C(=O)NC(=N)C12CCc1cc(Br)ccc1C2. The van der Waals surface area contributed by atoms with Gasteiger partial charge in [0.05, 0.1) is 6.61 Å². The van der Waals surface area contributed by atoms with Crippen LogP contribution in [0.4, 0.5) is 4.79 Å². The Balaban J connectivity index is 1.94. The first-order valence-electron chi connectivity index (χ1n) is 7.01. The highest BCUT2D eigenvalue weighted by molar-refractivity contribution is 9.10. The van der Waals surface area contributed by atoms with Crippen molar-refractivity contribution in [2.45, 2.75) is 24.8 Å². The molecule has 2 amide bonds. The molecule has 0 aromatic heterocycles. The topological polar surface area (TPSA) is 65.4 Å². The van der Waals surface area contributed by atoms with Gasteiger partial charge in [-0.1, -0.05) is 22.0 Å². The number of amidine groups is 1. The summed E-state index contributed by atoms with van der Waals surface area (Å²) in [6.45, 7) is 0.992. The van der Waals surface area contributed by atoms with Crippen LogP contribution in [0.5, 0.6) is 0 Å². The fourth-order valence-electron chi connectivity index (χ4n) is 3.31. The molecule has 0 saturated carbocycles. The molecule has 1 atom stereocenters. The zero-order valence-corrected chi connectivity index (χ0v) is 13.5. The number of hydrogen-bond acceptors (Lipinski definition) is 3. The van der Waals surface area contributed by atoms with Crippen molar-refractivity contribution in [3.05, 3.63) is 33.8 Å². The fourth-order valence-corrected chi connectivity index (χ4v) is 3.72. The number of rotatable bonds is 3. The van der Waals surface area contributed by atoms with Crippen molar-refractivity contribution in [2.24, 2.45) is 0 Å². The molecule has 21 heavy (non-hydrogen) atoms. The lowest BCUT2D eigenvalue weighted by Gasteiger charge is -2.40. The van der Waals surface area contributed by atoms with E-state index in [2.05, 4.69) is 33.4 Å². The molecular formula is C15H18BrN3O2. The summed E-state index contributed by atoms with van der Waals surface area (Å²) in [5, 5.41) is 10.9. The lowest BCUT2D eigenvalue weighted by Crippen LogP contribution is -2.54. The Labute approximate surface area is 132 Å². The third-order valence-electron chi connectivity index (χ3n) is 4.44. The Kier molecular flexibility index (Phi) is 3.75. The predicted molar refractivity (Wildman–Crippen MR) is 83.7 cm³/mol. The van der Waals surface area contributed by atoms with Gasteiger partial charge < -0.3 is 9.64 Å². The van der Waals surface area contributed by atoms with E-state index in [1.807, 2.05) is 6.07 Å².